The molecule has 0 saturated heterocycles. The van der Waals surface area contributed by atoms with Crippen LogP contribution < -0.4 is 10.6 Å². The molecule has 124 valence electrons. The average molecular weight is 304 g/mol. The predicted molar refractivity (Wildman–Crippen MR) is 94.9 cm³/mol. The molecule has 22 heavy (non-hydrogen) atoms. The Balaban J connectivity index is 2.14. The second-order valence-electron chi connectivity index (χ2n) is 5.67. The number of nitrogens with zero attached hydrogens (tertiary/aromatic N) is 1. The van der Waals surface area contributed by atoms with Crippen LogP contribution in [0, 0.1) is 5.41 Å². The van der Waals surface area contributed by atoms with Gasteiger partial charge in [-0.15, -0.1) is 0 Å². The fourth-order valence-corrected chi connectivity index (χ4v) is 2.32. The third kappa shape index (κ3) is 9.64. The highest BCUT2D eigenvalue weighted by molar-refractivity contribution is 5.52. The van der Waals surface area contributed by atoms with Crippen LogP contribution in [0.2, 0.25) is 0 Å². The summed E-state index contributed by atoms with van der Waals surface area (Å²) in [5.74, 6) is 0. The molecule has 0 spiro atoms. The molecule has 0 aliphatic rings. The summed E-state index contributed by atoms with van der Waals surface area (Å²) in [7, 11) is 0. The summed E-state index contributed by atoms with van der Waals surface area (Å²) in [5.41, 5.74) is 2.35. The Morgan fingerprint density at radius 1 is 0.955 bits per heavy atom. The Morgan fingerprint density at radius 3 is 2.18 bits per heavy atom. The van der Waals surface area contributed by atoms with Gasteiger partial charge in [-0.05, 0) is 50.7 Å². The van der Waals surface area contributed by atoms with Crippen LogP contribution in [0.15, 0.2) is 18.2 Å². The Morgan fingerprint density at radius 2 is 1.59 bits per heavy atom. The molecule has 3 N–H and O–H groups in total. The first-order chi connectivity index (χ1) is 10.9. The summed E-state index contributed by atoms with van der Waals surface area (Å²) in [6.07, 6.45) is 9.23. The fraction of sp³-hybridized carbons (Fsp3) is 0.667. The van der Waals surface area contributed by atoms with Gasteiger partial charge in [-0.3, -0.25) is 4.98 Å². The molecule has 0 aliphatic carbocycles. The minimum atomic E-state index is 0.867. The first kappa shape index (κ1) is 18.8. The van der Waals surface area contributed by atoms with Crippen LogP contribution in [-0.2, 0) is 12.8 Å². The second-order valence-corrected chi connectivity index (χ2v) is 5.67. The zero-order valence-electron chi connectivity index (χ0n) is 14.0. The van der Waals surface area contributed by atoms with E-state index in [1.165, 1.54) is 36.9 Å². The monoisotopic (exact) mass is 304 g/mol. The molecule has 0 radical (unpaired) electrons. The van der Waals surface area contributed by atoms with Crippen molar-refractivity contribution in [2.24, 2.45) is 0 Å². The highest BCUT2D eigenvalue weighted by Gasteiger charge is 1.98. The average Bonchev–Trinajstić information content (AvgIpc) is 2.54. The smallest absolute Gasteiger partial charge is 0.0419 e. The maximum absolute atomic E-state index is 6.98. The lowest BCUT2D eigenvalue weighted by molar-refractivity contribution is 0.612. The Kier molecular flexibility index (Phi) is 11.4. The predicted octanol–water partition coefficient (Wildman–Crippen LogP) is 2.97. The van der Waals surface area contributed by atoms with Crippen LogP contribution in [-0.4, -0.2) is 37.4 Å². The summed E-state index contributed by atoms with van der Waals surface area (Å²) in [5, 5.41) is 13.9. The molecule has 4 heteroatoms. The number of pyridine rings is 1. The number of aromatic nitrogens is 1. The molecular formula is C18H32N4. The van der Waals surface area contributed by atoms with E-state index in [-0.39, 0.29) is 0 Å². The lowest BCUT2D eigenvalue weighted by Gasteiger charge is -2.07. The first-order valence-corrected chi connectivity index (χ1v) is 8.72. The Hall–Kier alpha value is -1.26. The molecule has 1 heterocycles. The van der Waals surface area contributed by atoms with E-state index in [1.807, 2.05) is 0 Å². The third-order valence-electron chi connectivity index (χ3n) is 3.64. The highest BCUT2D eigenvalue weighted by Crippen LogP contribution is 2.01. The SMILES string of the molecule is CCCCCNCCc1cccc(CCNCCCC=N)n1. The van der Waals surface area contributed by atoms with Gasteiger partial charge in [-0.2, -0.15) is 0 Å². The molecule has 0 fully saturated rings. The van der Waals surface area contributed by atoms with Crippen molar-refractivity contribution in [3.8, 4) is 0 Å². The van der Waals surface area contributed by atoms with Gasteiger partial charge >= 0.3 is 0 Å². The molecule has 0 amide bonds. The van der Waals surface area contributed by atoms with Crippen molar-refractivity contribution in [2.45, 2.75) is 51.9 Å². The molecule has 0 aromatic carbocycles. The van der Waals surface area contributed by atoms with Crippen molar-refractivity contribution in [1.82, 2.24) is 15.6 Å². The maximum Gasteiger partial charge on any atom is 0.0419 e. The molecular weight excluding hydrogens is 272 g/mol. The van der Waals surface area contributed by atoms with Gasteiger partial charge in [-0.1, -0.05) is 25.8 Å². The lowest BCUT2D eigenvalue weighted by Crippen LogP contribution is -2.20. The first-order valence-electron chi connectivity index (χ1n) is 8.72. The largest absolute Gasteiger partial charge is 0.316 e. The molecule has 0 atom stereocenters. The summed E-state index contributed by atoms with van der Waals surface area (Å²) in [6.45, 7) is 6.31. The quantitative estimate of drug-likeness (QED) is 0.366. The van der Waals surface area contributed by atoms with Crippen LogP contribution in [0.4, 0.5) is 0 Å². The van der Waals surface area contributed by atoms with E-state index >= 15 is 0 Å². The van der Waals surface area contributed by atoms with Crippen molar-refractivity contribution in [1.29, 1.82) is 5.41 Å². The van der Waals surface area contributed by atoms with Gasteiger partial charge in [0.2, 0.25) is 0 Å². The number of rotatable bonds is 14. The standard InChI is InChI=1S/C18H32N4/c1-2-3-5-13-20-15-10-17-8-7-9-18(22-17)11-16-21-14-6-4-12-19/h7-9,12,19-21H,2-6,10-11,13-16H2,1H3. The lowest BCUT2D eigenvalue weighted by atomic mass is 10.2. The number of hydrogen-bond donors (Lipinski definition) is 3. The van der Waals surface area contributed by atoms with E-state index in [1.54, 1.807) is 0 Å². The zero-order chi connectivity index (χ0) is 15.9. The van der Waals surface area contributed by atoms with E-state index in [4.69, 9.17) is 10.4 Å². The Bertz CT molecular complexity index is 392. The molecule has 1 aromatic heterocycles. The summed E-state index contributed by atoms with van der Waals surface area (Å²) >= 11 is 0. The van der Waals surface area contributed by atoms with Crippen molar-refractivity contribution in [3.05, 3.63) is 29.6 Å². The molecule has 0 unspecified atom stereocenters. The van der Waals surface area contributed by atoms with E-state index in [0.717, 1.165) is 51.9 Å². The molecule has 1 aromatic rings. The van der Waals surface area contributed by atoms with Gasteiger partial charge in [0.05, 0.1) is 0 Å². The molecule has 0 saturated carbocycles. The van der Waals surface area contributed by atoms with Crippen LogP contribution >= 0.6 is 0 Å². The molecule has 0 aliphatic heterocycles. The van der Waals surface area contributed by atoms with Gasteiger partial charge < -0.3 is 16.0 Å². The van der Waals surface area contributed by atoms with Crippen LogP contribution in [0.5, 0.6) is 0 Å². The number of hydrogen-bond acceptors (Lipinski definition) is 4. The van der Waals surface area contributed by atoms with Crippen molar-refractivity contribution >= 4 is 6.21 Å². The highest BCUT2D eigenvalue weighted by atomic mass is 14.9. The third-order valence-corrected chi connectivity index (χ3v) is 3.64. The van der Waals surface area contributed by atoms with Gasteiger partial charge in [0.25, 0.3) is 0 Å². The van der Waals surface area contributed by atoms with Crippen molar-refractivity contribution in [3.63, 3.8) is 0 Å². The molecule has 4 nitrogen and oxygen atoms in total. The molecule has 1 rings (SSSR count). The van der Waals surface area contributed by atoms with E-state index in [2.05, 4.69) is 35.8 Å². The minimum Gasteiger partial charge on any atom is -0.316 e. The summed E-state index contributed by atoms with van der Waals surface area (Å²) < 4.78 is 0. The van der Waals surface area contributed by atoms with Gasteiger partial charge in [0, 0.05) is 37.3 Å². The summed E-state index contributed by atoms with van der Waals surface area (Å²) in [4.78, 5) is 4.72. The topological polar surface area (TPSA) is 60.8 Å². The maximum atomic E-state index is 6.98. The normalized spacial score (nSPS) is 10.8. The van der Waals surface area contributed by atoms with E-state index in [9.17, 15) is 0 Å². The summed E-state index contributed by atoms with van der Waals surface area (Å²) in [6, 6.07) is 6.34. The second kappa shape index (κ2) is 13.4. The van der Waals surface area contributed by atoms with Gasteiger partial charge in [-0.25, -0.2) is 0 Å². The number of unbranched alkanes of at least 4 members (excludes halogenated alkanes) is 3. The Labute approximate surface area is 135 Å². The van der Waals surface area contributed by atoms with Crippen LogP contribution in [0.3, 0.4) is 0 Å². The van der Waals surface area contributed by atoms with E-state index in [0.29, 0.717) is 0 Å². The fourth-order valence-electron chi connectivity index (χ4n) is 2.32. The van der Waals surface area contributed by atoms with Gasteiger partial charge in [0.1, 0.15) is 0 Å². The van der Waals surface area contributed by atoms with Crippen LogP contribution in [0.1, 0.15) is 50.4 Å². The van der Waals surface area contributed by atoms with Crippen molar-refractivity contribution < 1.29 is 0 Å². The van der Waals surface area contributed by atoms with Gasteiger partial charge in [0.15, 0.2) is 0 Å². The minimum absolute atomic E-state index is 0.867. The van der Waals surface area contributed by atoms with Crippen LogP contribution in [0.25, 0.3) is 0 Å². The molecule has 0 bridgehead atoms. The zero-order valence-corrected chi connectivity index (χ0v) is 14.0. The van der Waals surface area contributed by atoms with Crippen molar-refractivity contribution in [2.75, 3.05) is 26.2 Å². The van der Waals surface area contributed by atoms with E-state index < -0.39 is 0 Å². The number of nitrogens with one attached hydrogen (secondary N) is 3.